The Morgan fingerprint density at radius 2 is 1.52 bits per heavy atom. The van der Waals surface area contributed by atoms with E-state index < -0.39 is 39.9 Å². The monoisotopic (exact) mass is 587 g/mol. The predicted octanol–water partition coefficient (Wildman–Crippen LogP) is 5.70. The zero-order chi connectivity index (χ0) is 29.7. The normalized spacial score (nSPS) is 12.5. The zero-order valence-corrected chi connectivity index (χ0v) is 24.9. The lowest BCUT2D eigenvalue weighted by atomic mass is 10.1. The predicted molar refractivity (Wildman–Crippen MR) is 156 cm³/mol. The van der Waals surface area contributed by atoms with Crippen molar-refractivity contribution >= 4 is 39.1 Å². The fourth-order valence-electron chi connectivity index (χ4n) is 4.13. The van der Waals surface area contributed by atoms with E-state index in [4.69, 9.17) is 11.6 Å². The maximum atomic E-state index is 14.0. The van der Waals surface area contributed by atoms with Crippen LogP contribution in [0.25, 0.3) is 0 Å². The van der Waals surface area contributed by atoms with Crippen molar-refractivity contribution in [3.8, 4) is 0 Å². The second-order valence-electron chi connectivity index (χ2n) is 10.6. The van der Waals surface area contributed by atoms with Crippen LogP contribution in [0.4, 0.5) is 10.1 Å². The third-order valence-electron chi connectivity index (χ3n) is 6.15. The summed E-state index contributed by atoms with van der Waals surface area (Å²) in [5, 5.41) is 3.29. The van der Waals surface area contributed by atoms with Gasteiger partial charge in [-0.1, -0.05) is 48.4 Å². The lowest BCUT2D eigenvalue weighted by Gasteiger charge is -2.34. The molecule has 0 saturated heterocycles. The van der Waals surface area contributed by atoms with Crippen molar-refractivity contribution in [2.24, 2.45) is 0 Å². The van der Waals surface area contributed by atoms with Crippen LogP contribution in [0.15, 0.2) is 77.7 Å². The third kappa shape index (κ3) is 8.05. The Balaban J connectivity index is 2.06. The van der Waals surface area contributed by atoms with Crippen molar-refractivity contribution in [3.05, 3.63) is 94.8 Å². The van der Waals surface area contributed by atoms with Crippen molar-refractivity contribution in [1.29, 1.82) is 0 Å². The largest absolute Gasteiger partial charge is 0.350 e. The summed E-state index contributed by atoms with van der Waals surface area (Å²) in [6.07, 6.45) is 0.281. The summed E-state index contributed by atoms with van der Waals surface area (Å²) < 4.78 is 42.3. The number of amides is 2. The van der Waals surface area contributed by atoms with Crippen LogP contribution in [0.3, 0.4) is 0 Å². The molecule has 7 nitrogen and oxygen atoms in total. The summed E-state index contributed by atoms with van der Waals surface area (Å²) in [4.78, 5) is 28.6. The molecule has 0 fully saturated rings. The average Bonchev–Trinajstić information content (AvgIpc) is 2.88. The number of aryl methyl sites for hydroxylation is 1. The van der Waals surface area contributed by atoms with Gasteiger partial charge in [0.1, 0.15) is 18.4 Å². The molecule has 2 amide bonds. The van der Waals surface area contributed by atoms with Crippen molar-refractivity contribution in [2.45, 2.75) is 64.1 Å². The molecule has 1 unspecified atom stereocenters. The minimum absolute atomic E-state index is 0.0160. The van der Waals surface area contributed by atoms with Gasteiger partial charge in [0.2, 0.25) is 11.8 Å². The lowest BCUT2D eigenvalue weighted by Crippen LogP contribution is -2.55. The Labute approximate surface area is 241 Å². The molecule has 40 heavy (non-hydrogen) atoms. The van der Waals surface area contributed by atoms with E-state index in [-0.39, 0.29) is 23.8 Å². The highest BCUT2D eigenvalue weighted by Crippen LogP contribution is 2.26. The number of rotatable bonds is 10. The first kappa shape index (κ1) is 31.1. The summed E-state index contributed by atoms with van der Waals surface area (Å²) in [6, 6.07) is 17.2. The molecule has 1 atom stereocenters. The number of hydrogen-bond acceptors (Lipinski definition) is 4. The highest BCUT2D eigenvalue weighted by molar-refractivity contribution is 7.92. The van der Waals surface area contributed by atoms with E-state index in [2.05, 4.69) is 5.32 Å². The van der Waals surface area contributed by atoms with Crippen LogP contribution in [0, 0.1) is 12.7 Å². The van der Waals surface area contributed by atoms with Gasteiger partial charge in [-0.3, -0.25) is 13.9 Å². The lowest BCUT2D eigenvalue weighted by molar-refractivity contribution is -0.141. The summed E-state index contributed by atoms with van der Waals surface area (Å²) in [5.41, 5.74) is 1.25. The molecule has 0 bridgehead atoms. The molecular weight excluding hydrogens is 553 g/mol. The maximum Gasteiger partial charge on any atom is 0.264 e. The number of carbonyl (C=O) groups is 2. The van der Waals surface area contributed by atoms with E-state index in [1.165, 1.54) is 53.4 Å². The number of hydrogen-bond donors (Lipinski definition) is 1. The second-order valence-corrected chi connectivity index (χ2v) is 12.9. The highest BCUT2D eigenvalue weighted by Gasteiger charge is 2.34. The molecule has 0 saturated carbocycles. The summed E-state index contributed by atoms with van der Waals surface area (Å²) in [6.45, 7) is 8.58. The van der Waals surface area contributed by atoms with Crippen molar-refractivity contribution in [3.63, 3.8) is 0 Å². The van der Waals surface area contributed by atoms with Crippen LogP contribution >= 0.6 is 11.6 Å². The SMILES string of the molecule is CCC(C(=O)NC(C)(C)C)N(Cc1ccc(F)cc1)C(=O)CN(c1ccc(C)cc1)S(=O)(=O)c1ccc(Cl)cc1. The van der Waals surface area contributed by atoms with Gasteiger partial charge in [-0.25, -0.2) is 12.8 Å². The Kier molecular flexibility index (Phi) is 9.97. The number of halogens is 2. The van der Waals surface area contributed by atoms with Crippen LogP contribution in [0.1, 0.15) is 45.2 Å². The van der Waals surface area contributed by atoms with Crippen LogP contribution in [-0.4, -0.2) is 43.3 Å². The number of carbonyl (C=O) groups excluding carboxylic acids is 2. The Morgan fingerprint density at radius 1 is 0.950 bits per heavy atom. The molecule has 0 spiro atoms. The van der Waals surface area contributed by atoms with Gasteiger partial charge in [-0.15, -0.1) is 0 Å². The Hall–Kier alpha value is -3.43. The maximum absolute atomic E-state index is 14.0. The van der Waals surface area contributed by atoms with Crippen LogP contribution in [0.2, 0.25) is 5.02 Å². The Bertz CT molecular complexity index is 1420. The van der Waals surface area contributed by atoms with Gasteiger partial charge in [0.15, 0.2) is 0 Å². The molecule has 0 heterocycles. The van der Waals surface area contributed by atoms with Gasteiger partial charge in [-0.2, -0.15) is 0 Å². The van der Waals surface area contributed by atoms with Crippen LogP contribution in [-0.2, 0) is 26.2 Å². The number of sulfonamides is 1. The molecule has 3 rings (SSSR count). The first-order valence-corrected chi connectivity index (χ1v) is 14.7. The van der Waals surface area contributed by atoms with Crippen molar-refractivity contribution in [1.82, 2.24) is 10.2 Å². The first-order chi connectivity index (χ1) is 18.7. The minimum Gasteiger partial charge on any atom is -0.350 e. The van der Waals surface area contributed by atoms with E-state index in [0.29, 0.717) is 16.3 Å². The number of anilines is 1. The minimum atomic E-state index is -4.20. The van der Waals surface area contributed by atoms with E-state index >= 15 is 0 Å². The molecule has 0 aliphatic carbocycles. The van der Waals surface area contributed by atoms with Crippen molar-refractivity contribution < 1.29 is 22.4 Å². The van der Waals surface area contributed by atoms with Gasteiger partial charge in [0.25, 0.3) is 10.0 Å². The number of benzene rings is 3. The van der Waals surface area contributed by atoms with Gasteiger partial charge in [-0.05, 0) is 88.2 Å². The fraction of sp³-hybridized carbons (Fsp3) is 0.333. The summed E-state index contributed by atoms with van der Waals surface area (Å²) in [5.74, 6) is -1.38. The fourth-order valence-corrected chi connectivity index (χ4v) is 5.67. The standard InChI is InChI=1S/C30H35ClFN3O4S/c1-6-27(29(37)33-30(3,4)5)34(19-22-9-13-24(32)14-10-22)28(36)20-35(25-15-7-21(2)8-16-25)40(38,39)26-17-11-23(31)12-18-26/h7-18,27H,6,19-20H2,1-5H3,(H,33,37). The molecule has 1 N–H and O–H groups in total. The molecule has 0 aromatic heterocycles. The zero-order valence-electron chi connectivity index (χ0n) is 23.3. The quantitative estimate of drug-likeness (QED) is 0.329. The molecule has 0 aliphatic heterocycles. The van der Waals surface area contributed by atoms with E-state index in [9.17, 15) is 22.4 Å². The van der Waals surface area contributed by atoms with Crippen molar-refractivity contribution in [2.75, 3.05) is 10.8 Å². The molecule has 214 valence electrons. The average molecular weight is 588 g/mol. The summed E-state index contributed by atoms with van der Waals surface area (Å²) in [7, 11) is -4.20. The molecule has 0 aliphatic rings. The van der Waals surface area contributed by atoms with Gasteiger partial charge < -0.3 is 10.2 Å². The van der Waals surface area contributed by atoms with Gasteiger partial charge >= 0.3 is 0 Å². The van der Waals surface area contributed by atoms with Crippen LogP contribution < -0.4 is 9.62 Å². The number of nitrogens with one attached hydrogen (secondary N) is 1. The van der Waals surface area contributed by atoms with E-state index in [1.54, 1.807) is 31.2 Å². The number of nitrogens with zero attached hydrogens (tertiary/aromatic N) is 2. The molecule has 10 heteroatoms. The molecule has 3 aromatic rings. The molecule has 0 radical (unpaired) electrons. The third-order valence-corrected chi connectivity index (χ3v) is 8.19. The van der Waals surface area contributed by atoms with Gasteiger partial charge in [0, 0.05) is 17.1 Å². The summed E-state index contributed by atoms with van der Waals surface area (Å²) >= 11 is 5.98. The Morgan fingerprint density at radius 3 is 2.05 bits per heavy atom. The van der Waals surface area contributed by atoms with E-state index in [1.807, 2.05) is 27.7 Å². The smallest absolute Gasteiger partial charge is 0.264 e. The second kappa shape index (κ2) is 12.8. The first-order valence-electron chi connectivity index (χ1n) is 12.9. The van der Waals surface area contributed by atoms with E-state index in [0.717, 1.165) is 9.87 Å². The molecular formula is C30H35ClFN3O4S. The highest BCUT2D eigenvalue weighted by atomic mass is 35.5. The van der Waals surface area contributed by atoms with Crippen LogP contribution in [0.5, 0.6) is 0 Å². The molecule has 3 aromatic carbocycles. The van der Waals surface area contributed by atoms with Gasteiger partial charge in [0.05, 0.1) is 10.6 Å². The topological polar surface area (TPSA) is 86.8 Å².